The highest BCUT2D eigenvalue weighted by molar-refractivity contribution is 5.75. The van der Waals surface area contributed by atoms with Gasteiger partial charge < -0.3 is 24.4 Å². The number of hydrogen-bond donors (Lipinski definition) is 2. The monoisotopic (exact) mass is 358 g/mol. The van der Waals surface area contributed by atoms with Crippen LogP contribution in [0.25, 0.3) is 0 Å². The minimum atomic E-state index is -0.289. The zero-order valence-corrected chi connectivity index (χ0v) is 14.8. The first-order valence-corrected chi connectivity index (χ1v) is 8.40. The number of ether oxygens (including phenoxy) is 3. The van der Waals surface area contributed by atoms with Crippen molar-refractivity contribution < 1.29 is 29.2 Å². The fraction of sp³-hybridized carbons (Fsp3) is 0.350. The number of benzene rings is 2. The summed E-state index contributed by atoms with van der Waals surface area (Å²) < 4.78 is 15.5. The van der Waals surface area contributed by atoms with Crippen LogP contribution in [0.4, 0.5) is 0 Å². The Morgan fingerprint density at radius 2 is 1.65 bits per heavy atom. The van der Waals surface area contributed by atoms with E-state index in [-0.39, 0.29) is 29.3 Å². The van der Waals surface area contributed by atoms with Crippen LogP contribution < -0.4 is 9.47 Å². The van der Waals surface area contributed by atoms with Crippen molar-refractivity contribution in [3.05, 3.63) is 47.5 Å². The highest BCUT2D eigenvalue weighted by Crippen LogP contribution is 2.34. The number of hydrogen-bond acceptors (Lipinski definition) is 6. The minimum Gasteiger partial charge on any atom is -0.504 e. The minimum absolute atomic E-state index is 0.0148. The van der Waals surface area contributed by atoms with Gasteiger partial charge in [0.15, 0.2) is 23.0 Å². The number of esters is 1. The van der Waals surface area contributed by atoms with Gasteiger partial charge in [0.1, 0.15) is 0 Å². The molecule has 1 fully saturated rings. The first-order valence-electron chi connectivity index (χ1n) is 8.40. The van der Waals surface area contributed by atoms with Crippen molar-refractivity contribution in [2.24, 2.45) is 11.8 Å². The Kier molecular flexibility index (Phi) is 5.21. The van der Waals surface area contributed by atoms with E-state index in [1.165, 1.54) is 14.2 Å². The molecule has 6 nitrogen and oxygen atoms in total. The van der Waals surface area contributed by atoms with Crippen LogP contribution in [-0.2, 0) is 22.4 Å². The Morgan fingerprint density at radius 3 is 2.35 bits per heavy atom. The van der Waals surface area contributed by atoms with Crippen LogP contribution in [0.5, 0.6) is 23.0 Å². The summed E-state index contributed by atoms with van der Waals surface area (Å²) in [6, 6.07) is 10.3. The summed E-state index contributed by atoms with van der Waals surface area (Å²) in [5.74, 6) is 0.441. The third-order valence-electron chi connectivity index (χ3n) is 4.75. The molecule has 0 radical (unpaired) electrons. The molecule has 2 aromatic rings. The van der Waals surface area contributed by atoms with Crippen molar-refractivity contribution in [3.8, 4) is 23.0 Å². The predicted molar refractivity (Wildman–Crippen MR) is 94.7 cm³/mol. The van der Waals surface area contributed by atoms with E-state index in [2.05, 4.69) is 0 Å². The normalized spacial score (nSPS) is 19.2. The highest BCUT2D eigenvalue weighted by Gasteiger charge is 2.37. The summed E-state index contributed by atoms with van der Waals surface area (Å²) in [6.07, 6.45) is 1.12. The lowest BCUT2D eigenvalue weighted by Crippen LogP contribution is -2.20. The van der Waals surface area contributed by atoms with E-state index in [1.807, 2.05) is 12.1 Å². The molecule has 2 atom stereocenters. The van der Waals surface area contributed by atoms with Gasteiger partial charge in [-0.2, -0.15) is 0 Å². The van der Waals surface area contributed by atoms with Crippen molar-refractivity contribution in [3.63, 3.8) is 0 Å². The standard InChI is InChI=1S/C20H22O6/c1-24-18-6-4-13(9-17(18)22)8-15-14(11-26-20(15)23)7-12-3-5-16(21)19(10-12)25-2/h3-6,9-10,14-15,21-22H,7-8,11H2,1-2H3/t14-,15+/m1/s1. The molecule has 0 saturated carbocycles. The van der Waals surface area contributed by atoms with Crippen LogP contribution in [0.1, 0.15) is 11.1 Å². The van der Waals surface area contributed by atoms with Gasteiger partial charge in [0.2, 0.25) is 0 Å². The van der Waals surface area contributed by atoms with Crippen LogP contribution in [0.15, 0.2) is 36.4 Å². The molecule has 1 heterocycles. The molecule has 0 aromatic heterocycles. The Bertz CT molecular complexity index is 801. The number of carbonyl (C=O) groups is 1. The molecular formula is C20H22O6. The second-order valence-corrected chi connectivity index (χ2v) is 6.42. The van der Waals surface area contributed by atoms with E-state index >= 15 is 0 Å². The van der Waals surface area contributed by atoms with E-state index in [4.69, 9.17) is 14.2 Å². The van der Waals surface area contributed by atoms with Gasteiger partial charge in [-0.05, 0) is 48.2 Å². The third kappa shape index (κ3) is 3.69. The topological polar surface area (TPSA) is 85.2 Å². The van der Waals surface area contributed by atoms with Crippen molar-refractivity contribution in [2.75, 3.05) is 20.8 Å². The molecule has 1 saturated heterocycles. The second kappa shape index (κ2) is 7.56. The maximum Gasteiger partial charge on any atom is 0.309 e. The molecule has 6 heteroatoms. The van der Waals surface area contributed by atoms with Gasteiger partial charge in [-0.15, -0.1) is 0 Å². The highest BCUT2D eigenvalue weighted by atomic mass is 16.5. The first kappa shape index (κ1) is 17.9. The van der Waals surface area contributed by atoms with E-state index < -0.39 is 0 Å². The number of methoxy groups -OCH3 is 2. The number of aromatic hydroxyl groups is 2. The van der Waals surface area contributed by atoms with E-state index in [0.29, 0.717) is 30.9 Å². The molecule has 0 bridgehead atoms. The smallest absolute Gasteiger partial charge is 0.309 e. The Morgan fingerprint density at radius 1 is 0.962 bits per heavy atom. The number of carbonyl (C=O) groups excluding carboxylic acids is 1. The summed E-state index contributed by atoms with van der Waals surface area (Å²) in [5.41, 5.74) is 1.81. The quantitative estimate of drug-likeness (QED) is 0.773. The summed E-state index contributed by atoms with van der Waals surface area (Å²) >= 11 is 0. The molecule has 138 valence electrons. The second-order valence-electron chi connectivity index (χ2n) is 6.42. The van der Waals surface area contributed by atoms with Gasteiger partial charge in [-0.25, -0.2) is 0 Å². The van der Waals surface area contributed by atoms with Crippen LogP contribution in [-0.4, -0.2) is 37.0 Å². The van der Waals surface area contributed by atoms with Crippen LogP contribution in [0.3, 0.4) is 0 Å². The van der Waals surface area contributed by atoms with E-state index in [1.54, 1.807) is 24.3 Å². The Labute approximate surface area is 151 Å². The zero-order valence-electron chi connectivity index (χ0n) is 14.8. The molecule has 0 unspecified atom stereocenters. The van der Waals surface area contributed by atoms with Gasteiger partial charge in [0.05, 0.1) is 26.7 Å². The Balaban J connectivity index is 1.75. The van der Waals surface area contributed by atoms with Crippen LogP contribution in [0.2, 0.25) is 0 Å². The molecule has 2 N–H and O–H groups in total. The average Bonchev–Trinajstić information content (AvgIpc) is 2.97. The maximum absolute atomic E-state index is 12.2. The molecule has 1 aliphatic rings. The lowest BCUT2D eigenvalue weighted by Gasteiger charge is -2.16. The van der Waals surface area contributed by atoms with Gasteiger partial charge in [0.25, 0.3) is 0 Å². The Hall–Kier alpha value is -2.89. The lowest BCUT2D eigenvalue weighted by atomic mass is 9.85. The summed E-state index contributed by atoms with van der Waals surface area (Å²) in [5, 5.41) is 19.7. The van der Waals surface area contributed by atoms with Crippen LogP contribution >= 0.6 is 0 Å². The number of phenolic OH excluding ortho intramolecular Hbond substituents is 2. The summed E-state index contributed by atoms with van der Waals surface area (Å²) in [6.45, 7) is 0.356. The maximum atomic E-state index is 12.2. The molecule has 3 rings (SSSR count). The average molecular weight is 358 g/mol. The van der Waals surface area contributed by atoms with Crippen LogP contribution in [0, 0.1) is 11.8 Å². The van der Waals surface area contributed by atoms with Gasteiger partial charge in [-0.3, -0.25) is 4.79 Å². The van der Waals surface area contributed by atoms with Gasteiger partial charge in [0, 0.05) is 5.92 Å². The molecule has 0 aliphatic carbocycles. The number of cyclic esters (lactones) is 1. The van der Waals surface area contributed by atoms with Gasteiger partial charge in [-0.1, -0.05) is 12.1 Å². The van der Waals surface area contributed by atoms with Crippen molar-refractivity contribution >= 4 is 5.97 Å². The number of phenols is 2. The van der Waals surface area contributed by atoms with Crippen molar-refractivity contribution in [2.45, 2.75) is 12.8 Å². The SMILES string of the molecule is COc1ccc(C[C@@H]2C(=O)OC[C@H]2Cc2ccc(O)c(OC)c2)cc1O. The summed E-state index contributed by atoms with van der Waals surface area (Å²) in [7, 11) is 2.99. The molecule has 0 spiro atoms. The zero-order chi connectivity index (χ0) is 18.7. The largest absolute Gasteiger partial charge is 0.504 e. The van der Waals surface area contributed by atoms with Crippen molar-refractivity contribution in [1.29, 1.82) is 0 Å². The molecular weight excluding hydrogens is 336 g/mol. The summed E-state index contributed by atoms with van der Waals surface area (Å²) in [4.78, 5) is 12.2. The fourth-order valence-electron chi connectivity index (χ4n) is 3.32. The van der Waals surface area contributed by atoms with E-state index in [9.17, 15) is 15.0 Å². The lowest BCUT2D eigenvalue weighted by molar-refractivity contribution is -0.141. The fourth-order valence-corrected chi connectivity index (χ4v) is 3.32. The molecule has 26 heavy (non-hydrogen) atoms. The molecule has 2 aromatic carbocycles. The van der Waals surface area contributed by atoms with Gasteiger partial charge >= 0.3 is 5.97 Å². The third-order valence-corrected chi connectivity index (χ3v) is 4.75. The first-order chi connectivity index (χ1) is 12.5. The van der Waals surface area contributed by atoms with Crippen molar-refractivity contribution in [1.82, 2.24) is 0 Å². The van der Waals surface area contributed by atoms with E-state index in [0.717, 1.165) is 11.1 Å². The molecule has 0 amide bonds. The predicted octanol–water partition coefficient (Wildman–Crippen LogP) is 2.69. The molecule has 1 aliphatic heterocycles. The number of rotatable bonds is 6.